The Bertz CT molecular complexity index is 967. The van der Waals surface area contributed by atoms with E-state index in [0.29, 0.717) is 25.9 Å². The predicted molar refractivity (Wildman–Crippen MR) is 116 cm³/mol. The molecule has 6 nitrogen and oxygen atoms in total. The maximum Gasteiger partial charge on any atom is 0.410 e. The van der Waals surface area contributed by atoms with Gasteiger partial charge in [-0.3, -0.25) is 0 Å². The van der Waals surface area contributed by atoms with Gasteiger partial charge in [0.05, 0.1) is 6.20 Å². The second-order valence-electron chi connectivity index (χ2n) is 9.45. The van der Waals surface area contributed by atoms with Crippen LogP contribution in [0.3, 0.4) is 0 Å². The molecular weight excluding hydrogens is 383 g/mol. The van der Waals surface area contributed by atoms with Crippen LogP contribution in [0.15, 0.2) is 18.3 Å². The highest BCUT2D eigenvalue weighted by Gasteiger charge is 2.30. The summed E-state index contributed by atoms with van der Waals surface area (Å²) in [6.07, 6.45) is 5.65. The van der Waals surface area contributed by atoms with Crippen LogP contribution in [-0.2, 0) is 4.74 Å². The quantitative estimate of drug-likeness (QED) is 0.784. The first-order valence-electron chi connectivity index (χ1n) is 10.7. The van der Waals surface area contributed by atoms with Gasteiger partial charge in [0.2, 0.25) is 0 Å². The van der Waals surface area contributed by atoms with Crippen molar-refractivity contribution in [1.29, 1.82) is 0 Å². The van der Waals surface area contributed by atoms with Gasteiger partial charge in [-0.1, -0.05) is 6.08 Å². The zero-order chi connectivity index (χ0) is 21.5. The van der Waals surface area contributed by atoms with Crippen LogP contribution in [0.4, 0.5) is 9.18 Å². The van der Waals surface area contributed by atoms with Gasteiger partial charge in [-0.2, -0.15) is 0 Å². The van der Waals surface area contributed by atoms with Crippen molar-refractivity contribution in [3.63, 3.8) is 0 Å². The molecule has 0 aromatic carbocycles. The molecule has 1 N–H and O–H groups in total. The van der Waals surface area contributed by atoms with Gasteiger partial charge in [0.1, 0.15) is 17.1 Å². The fraction of sp³-hybridized carbons (Fsp3) is 0.565. The molecule has 2 aromatic rings. The summed E-state index contributed by atoms with van der Waals surface area (Å²) in [5, 5.41) is 0.862. The van der Waals surface area contributed by atoms with Crippen LogP contribution in [-0.4, -0.2) is 64.7 Å². The van der Waals surface area contributed by atoms with Gasteiger partial charge in [-0.05, 0) is 64.6 Å². The molecule has 2 aromatic heterocycles. The lowest BCUT2D eigenvalue weighted by Crippen LogP contribution is -2.41. The van der Waals surface area contributed by atoms with Crippen molar-refractivity contribution in [2.24, 2.45) is 0 Å². The lowest BCUT2D eigenvalue weighted by Gasteiger charge is -2.33. The van der Waals surface area contributed by atoms with Gasteiger partial charge in [-0.25, -0.2) is 14.2 Å². The van der Waals surface area contributed by atoms with E-state index in [4.69, 9.17) is 4.74 Å². The molecule has 0 spiro atoms. The smallest absolute Gasteiger partial charge is 0.410 e. The molecule has 1 fully saturated rings. The van der Waals surface area contributed by atoms with Gasteiger partial charge in [0.25, 0.3) is 0 Å². The number of nitrogens with one attached hydrogen (secondary N) is 1. The summed E-state index contributed by atoms with van der Waals surface area (Å²) < 4.78 is 20.4. The van der Waals surface area contributed by atoms with Crippen LogP contribution in [0.25, 0.3) is 16.6 Å². The minimum absolute atomic E-state index is 0.0595. The SMILES string of the molecule is CN1CC=C(c2cc3c(C4CCN(C(=O)OC(C)(C)C)CC4)c(F)cnc3[nH]2)CC1. The van der Waals surface area contributed by atoms with E-state index in [0.717, 1.165) is 41.8 Å². The molecule has 1 saturated heterocycles. The highest BCUT2D eigenvalue weighted by molar-refractivity contribution is 5.85. The van der Waals surface area contributed by atoms with Crippen LogP contribution >= 0.6 is 0 Å². The Morgan fingerprint density at radius 2 is 2.00 bits per heavy atom. The van der Waals surface area contributed by atoms with Gasteiger partial charge < -0.3 is 19.5 Å². The number of carbonyl (C=O) groups is 1. The second kappa shape index (κ2) is 8.02. The number of likely N-dealkylation sites (N-methyl/N-ethyl adjacent to an activating group) is 1. The largest absolute Gasteiger partial charge is 0.444 e. The van der Waals surface area contributed by atoms with E-state index in [1.54, 1.807) is 4.90 Å². The van der Waals surface area contributed by atoms with Crippen molar-refractivity contribution in [3.8, 4) is 0 Å². The number of amides is 1. The molecule has 1 amide bonds. The number of aromatic amines is 1. The Morgan fingerprint density at radius 1 is 1.27 bits per heavy atom. The maximum atomic E-state index is 14.9. The number of piperidine rings is 1. The number of aromatic nitrogens is 2. The fourth-order valence-electron chi connectivity index (χ4n) is 4.35. The number of fused-ring (bicyclic) bond motifs is 1. The van der Waals surface area contributed by atoms with Gasteiger partial charge in [-0.15, -0.1) is 0 Å². The minimum atomic E-state index is -0.512. The average molecular weight is 415 g/mol. The monoisotopic (exact) mass is 414 g/mol. The third kappa shape index (κ3) is 4.36. The van der Waals surface area contributed by atoms with Gasteiger partial charge >= 0.3 is 6.09 Å². The highest BCUT2D eigenvalue weighted by Crippen LogP contribution is 2.36. The number of H-pyrrole nitrogens is 1. The lowest BCUT2D eigenvalue weighted by atomic mass is 9.88. The molecule has 4 rings (SSSR count). The van der Waals surface area contributed by atoms with Crippen LogP contribution in [0, 0.1) is 5.82 Å². The summed E-state index contributed by atoms with van der Waals surface area (Å²) in [5.74, 6) is -0.203. The first-order chi connectivity index (χ1) is 14.2. The van der Waals surface area contributed by atoms with Crippen LogP contribution < -0.4 is 0 Å². The van der Waals surface area contributed by atoms with Crippen LogP contribution in [0.1, 0.15) is 57.2 Å². The Balaban J connectivity index is 1.55. The summed E-state index contributed by atoms with van der Waals surface area (Å²) in [6, 6.07) is 2.05. The number of hydrogen-bond acceptors (Lipinski definition) is 4. The molecule has 0 saturated carbocycles. The van der Waals surface area contributed by atoms with Gasteiger partial charge in [0.15, 0.2) is 0 Å². The minimum Gasteiger partial charge on any atom is -0.444 e. The van der Waals surface area contributed by atoms with E-state index in [9.17, 15) is 9.18 Å². The summed E-state index contributed by atoms with van der Waals surface area (Å²) in [4.78, 5) is 24.0. The first kappa shape index (κ1) is 20.8. The molecule has 2 aliphatic rings. The number of pyridine rings is 1. The standard InChI is InChI=1S/C23H31FN4O2/c1-23(2,3)30-22(29)28-11-7-16(8-12-28)20-17-13-19(15-5-9-27(4)10-6-15)26-21(17)25-14-18(20)24/h5,13-14,16H,6-12H2,1-4H3,(H,25,26). The third-order valence-electron chi connectivity index (χ3n) is 5.96. The topological polar surface area (TPSA) is 61.5 Å². The van der Waals surface area contributed by atoms with Gasteiger partial charge in [0, 0.05) is 42.8 Å². The molecule has 162 valence electrons. The number of nitrogens with zero attached hydrogens (tertiary/aromatic N) is 3. The first-order valence-corrected chi connectivity index (χ1v) is 10.7. The summed E-state index contributed by atoms with van der Waals surface area (Å²) >= 11 is 0. The number of likely N-dealkylation sites (tertiary alicyclic amines) is 1. The molecule has 7 heteroatoms. The van der Waals surface area contributed by atoms with E-state index in [2.05, 4.69) is 34.1 Å². The Labute approximate surface area is 177 Å². The van der Waals surface area contributed by atoms with Crippen molar-refractivity contribution >= 4 is 22.7 Å². The summed E-state index contributed by atoms with van der Waals surface area (Å²) in [7, 11) is 2.11. The Kier molecular flexibility index (Phi) is 5.57. The molecular formula is C23H31FN4O2. The van der Waals surface area contributed by atoms with E-state index < -0.39 is 5.60 Å². The van der Waals surface area contributed by atoms with E-state index in [1.807, 2.05) is 20.8 Å². The predicted octanol–water partition coefficient (Wildman–Crippen LogP) is 4.54. The molecule has 0 aliphatic carbocycles. The third-order valence-corrected chi connectivity index (χ3v) is 5.96. The molecule has 0 radical (unpaired) electrons. The molecule has 0 unspecified atom stereocenters. The van der Waals surface area contributed by atoms with Crippen molar-refractivity contribution in [1.82, 2.24) is 19.8 Å². The van der Waals surface area contributed by atoms with Crippen molar-refractivity contribution in [2.45, 2.75) is 51.6 Å². The number of ether oxygens (including phenoxy) is 1. The Hall–Kier alpha value is -2.41. The van der Waals surface area contributed by atoms with Crippen molar-refractivity contribution < 1.29 is 13.9 Å². The zero-order valence-corrected chi connectivity index (χ0v) is 18.3. The van der Waals surface area contributed by atoms with Crippen molar-refractivity contribution in [3.05, 3.63) is 35.4 Å². The lowest BCUT2D eigenvalue weighted by molar-refractivity contribution is 0.0204. The molecule has 0 bridgehead atoms. The average Bonchev–Trinajstić information content (AvgIpc) is 3.11. The fourth-order valence-corrected chi connectivity index (χ4v) is 4.35. The Morgan fingerprint density at radius 3 is 2.63 bits per heavy atom. The van der Waals surface area contributed by atoms with Crippen molar-refractivity contribution in [2.75, 3.05) is 33.2 Å². The van der Waals surface area contributed by atoms with E-state index in [1.165, 1.54) is 11.8 Å². The number of halogens is 1. The van der Waals surface area contributed by atoms with Crippen LogP contribution in [0.2, 0.25) is 0 Å². The maximum absolute atomic E-state index is 14.9. The molecule has 0 atom stereocenters. The van der Waals surface area contributed by atoms with E-state index in [-0.39, 0.29) is 17.8 Å². The molecule has 30 heavy (non-hydrogen) atoms. The second-order valence-corrected chi connectivity index (χ2v) is 9.45. The molecule has 2 aliphatic heterocycles. The molecule has 4 heterocycles. The van der Waals surface area contributed by atoms with E-state index >= 15 is 0 Å². The number of rotatable bonds is 2. The summed E-state index contributed by atoms with van der Waals surface area (Å²) in [5.41, 5.74) is 3.23. The normalized spacial score (nSPS) is 19.2. The zero-order valence-electron chi connectivity index (χ0n) is 18.3. The highest BCUT2D eigenvalue weighted by atomic mass is 19.1. The van der Waals surface area contributed by atoms with Crippen LogP contribution in [0.5, 0.6) is 0 Å². The number of hydrogen-bond donors (Lipinski definition) is 1. The number of carbonyl (C=O) groups excluding carboxylic acids is 1. The summed E-state index contributed by atoms with van der Waals surface area (Å²) in [6.45, 7) is 8.66.